The Morgan fingerprint density at radius 2 is 1.89 bits per heavy atom. The summed E-state index contributed by atoms with van der Waals surface area (Å²) in [5.74, 6) is 0. The number of hydrogen-bond donors (Lipinski definition) is 1. The van der Waals surface area contributed by atoms with Gasteiger partial charge in [-0.15, -0.1) is 0 Å². The van der Waals surface area contributed by atoms with Crippen LogP contribution in [0, 0.1) is 0 Å². The number of hydrogen-bond acceptors (Lipinski definition) is 5. The molecule has 0 amide bonds. The number of rotatable bonds is 12. The van der Waals surface area contributed by atoms with E-state index in [-0.39, 0.29) is 0 Å². The Balaban J connectivity index is 1.98. The van der Waals surface area contributed by atoms with E-state index in [2.05, 4.69) is 17.3 Å². The van der Waals surface area contributed by atoms with Crippen LogP contribution in [0.4, 0.5) is 0 Å². The van der Waals surface area contributed by atoms with E-state index >= 15 is 0 Å². The van der Waals surface area contributed by atoms with Gasteiger partial charge in [0.25, 0.3) is 0 Å². The van der Waals surface area contributed by atoms with Crippen LogP contribution in [-0.4, -0.2) is 56.5 Å². The third-order valence-corrected chi connectivity index (χ3v) is 2.52. The first kappa shape index (κ1) is 16.1. The van der Waals surface area contributed by atoms with Gasteiger partial charge >= 0.3 is 0 Å². The van der Waals surface area contributed by atoms with E-state index in [0.29, 0.717) is 33.0 Å². The average molecular weight is 271 g/mol. The second kappa shape index (κ2) is 10.9. The van der Waals surface area contributed by atoms with Crippen molar-refractivity contribution in [3.05, 3.63) is 18.0 Å². The first-order valence-corrected chi connectivity index (χ1v) is 6.74. The summed E-state index contributed by atoms with van der Waals surface area (Å²) in [6.07, 6.45) is 1.98. The summed E-state index contributed by atoms with van der Waals surface area (Å²) in [7, 11) is 1.66. The largest absolute Gasteiger partial charge is 0.382 e. The van der Waals surface area contributed by atoms with Crippen LogP contribution in [0.25, 0.3) is 0 Å². The van der Waals surface area contributed by atoms with Crippen LogP contribution in [-0.2, 0) is 27.3 Å². The highest BCUT2D eigenvalue weighted by Crippen LogP contribution is 1.95. The molecule has 0 radical (unpaired) electrons. The first-order valence-electron chi connectivity index (χ1n) is 6.74. The molecule has 0 aliphatic heterocycles. The Morgan fingerprint density at radius 1 is 1.16 bits per heavy atom. The highest BCUT2D eigenvalue weighted by atomic mass is 16.5. The number of nitrogens with one attached hydrogen (secondary N) is 1. The fraction of sp³-hybridized carbons (Fsp3) is 0.769. The van der Waals surface area contributed by atoms with Gasteiger partial charge in [-0.1, -0.05) is 6.92 Å². The van der Waals surface area contributed by atoms with Gasteiger partial charge in [0.15, 0.2) is 0 Å². The van der Waals surface area contributed by atoms with Crippen LogP contribution in [0.5, 0.6) is 0 Å². The topological polar surface area (TPSA) is 57.5 Å². The summed E-state index contributed by atoms with van der Waals surface area (Å²) < 4.78 is 17.5. The van der Waals surface area contributed by atoms with Crippen LogP contribution in [0.15, 0.2) is 12.3 Å². The van der Waals surface area contributed by atoms with Gasteiger partial charge in [0, 0.05) is 19.9 Å². The van der Waals surface area contributed by atoms with E-state index < -0.39 is 0 Å². The van der Waals surface area contributed by atoms with Crippen molar-refractivity contribution in [2.75, 3.05) is 46.7 Å². The van der Waals surface area contributed by atoms with Gasteiger partial charge in [-0.2, -0.15) is 5.10 Å². The first-order chi connectivity index (χ1) is 9.36. The van der Waals surface area contributed by atoms with Crippen LogP contribution in [0.3, 0.4) is 0 Å². The fourth-order valence-electron chi connectivity index (χ4n) is 1.50. The summed E-state index contributed by atoms with van der Waals surface area (Å²) in [6.45, 7) is 7.73. The Kier molecular flexibility index (Phi) is 9.26. The molecule has 1 aromatic rings. The molecular formula is C13H25N3O3. The third kappa shape index (κ3) is 7.94. The van der Waals surface area contributed by atoms with Crippen LogP contribution >= 0.6 is 0 Å². The van der Waals surface area contributed by atoms with E-state index in [1.807, 2.05) is 16.9 Å². The molecule has 1 N–H and O–H groups in total. The zero-order chi connectivity index (χ0) is 13.8. The smallest absolute Gasteiger partial charge is 0.0762 e. The molecular weight excluding hydrogens is 246 g/mol. The summed E-state index contributed by atoms with van der Waals surface area (Å²) in [6, 6.07) is 2.02. The summed E-state index contributed by atoms with van der Waals surface area (Å²) in [5.41, 5.74) is 1.06. The minimum atomic E-state index is 0.605. The van der Waals surface area contributed by atoms with Gasteiger partial charge in [0.1, 0.15) is 0 Å². The van der Waals surface area contributed by atoms with Crippen LogP contribution < -0.4 is 5.32 Å². The van der Waals surface area contributed by atoms with Gasteiger partial charge in [0.2, 0.25) is 0 Å². The molecule has 6 nitrogen and oxygen atoms in total. The SMILES string of the molecule is CCNCc1ccn(CCOCCOCCOC)n1. The maximum atomic E-state index is 5.47. The van der Waals surface area contributed by atoms with E-state index in [1.165, 1.54) is 0 Å². The zero-order valence-corrected chi connectivity index (χ0v) is 11.9. The van der Waals surface area contributed by atoms with Crippen molar-refractivity contribution < 1.29 is 14.2 Å². The lowest BCUT2D eigenvalue weighted by molar-refractivity contribution is 0.0225. The van der Waals surface area contributed by atoms with Gasteiger partial charge in [-0.05, 0) is 12.6 Å². The Morgan fingerprint density at radius 3 is 2.63 bits per heavy atom. The average Bonchev–Trinajstić information content (AvgIpc) is 2.87. The summed E-state index contributed by atoms with van der Waals surface area (Å²) in [4.78, 5) is 0. The molecule has 110 valence electrons. The molecule has 0 bridgehead atoms. The molecule has 0 unspecified atom stereocenters. The highest BCUT2D eigenvalue weighted by Gasteiger charge is 1.98. The molecule has 1 aromatic heterocycles. The van der Waals surface area contributed by atoms with Gasteiger partial charge in [0.05, 0.1) is 45.3 Å². The highest BCUT2D eigenvalue weighted by molar-refractivity contribution is 4.98. The zero-order valence-electron chi connectivity index (χ0n) is 11.9. The second-order valence-corrected chi connectivity index (χ2v) is 4.07. The molecule has 0 aromatic carbocycles. The van der Waals surface area contributed by atoms with Gasteiger partial charge in [-0.3, -0.25) is 4.68 Å². The minimum absolute atomic E-state index is 0.605. The molecule has 0 aliphatic rings. The molecule has 0 atom stereocenters. The monoisotopic (exact) mass is 271 g/mol. The predicted octanol–water partition coefficient (Wildman–Crippen LogP) is 0.672. The Labute approximate surface area is 115 Å². The number of ether oxygens (including phenoxy) is 3. The Bertz CT molecular complexity index is 318. The van der Waals surface area contributed by atoms with Crippen molar-refractivity contribution in [1.29, 1.82) is 0 Å². The van der Waals surface area contributed by atoms with E-state index in [0.717, 1.165) is 25.3 Å². The van der Waals surface area contributed by atoms with Gasteiger partial charge in [-0.25, -0.2) is 0 Å². The molecule has 1 heterocycles. The van der Waals surface area contributed by atoms with E-state index in [9.17, 15) is 0 Å². The lowest BCUT2D eigenvalue weighted by Gasteiger charge is -2.05. The van der Waals surface area contributed by atoms with Crippen molar-refractivity contribution in [3.8, 4) is 0 Å². The Hall–Kier alpha value is -0.950. The summed E-state index contributed by atoms with van der Waals surface area (Å²) >= 11 is 0. The number of aromatic nitrogens is 2. The third-order valence-electron chi connectivity index (χ3n) is 2.52. The minimum Gasteiger partial charge on any atom is -0.382 e. The van der Waals surface area contributed by atoms with Crippen molar-refractivity contribution in [3.63, 3.8) is 0 Å². The maximum Gasteiger partial charge on any atom is 0.0762 e. The fourth-order valence-corrected chi connectivity index (χ4v) is 1.50. The number of methoxy groups -OCH3 is 1. The molecule has 0 saturated heterocycles. The molecule has 0 fully saturated rings. The van der Waals surface area contributed by atoms with E-state index in [4.69, 9.17) is 14.2 Å². The van der Waals surface area contributed by atoms with Crippen molar-refractivity contribution in [1.82, 2.24) is 15.1 Å². The molecule has 0 aliphatic carbocycles. The van der Waals surface area contributed by atoms with Crippen molar-refractivity contribution >= 4 is 0 Å². The molecule has 6 heteroatoms. The molecule has 0 spiro atoms. The quantitative estimate of drug-likeness (QED) is 0.566. The van der Waals surface area contributed by atoms with Crippen molar-refractivity contribution in [2.45, 2.75) is 20.0 Å². The molecule has 0 saturated carbocycles. The predicted molar refractivity (Wildman–Crippen MR) is 73.1 cm³/mol. The maximum absolute atomic E-state index is 5.47. The van der Waals surface area contributed by atoms with Crippen molar-refractivity contribution in [2.24, 2.45) is 0 Å². The second-order valence-electron chi connectivity index (χ2n) is 4.07. The lowest BCUT2D eigenvalue weighted by atomic mass is 10.4. The lowest BCUT2D eigenvalue weighted by Crippen LogP contribution is -2.14. The molecule has 1 rings (SSSR count). The number of nitrogens with zero attached hydrogens (tertiary/aromatic N) is 2. The molecule has 19 heavy (non-hydrogen) atoms. The van der Waals surface area contributed by atoms with E-state index in [1.54, 1.807) is 7.11 Å². The standard InChI is InChI=1S/C13H25N3O3/c1-3-14-12-13-4-5-16(15-13)6-7-18-10-11-19-9-8-17-2/h4-5,14H,3,6-12H2,1-2H3. The van der Waals surface area contributed by atoms with Crippen LogP contribution in [0.2, 0.25) is 0 Å². The normalized spacial score (nSPS) is 11.1. The summed E-state index contributed by atoms with van der Waals surface area (Å²) in [5, 5.41) is 7.68. The van der Waals surface area contributed by atoms with Crippen LogP contribution in [0.1, 0.15) is 12.6 Å². The van der Waals surface area contributed by atoms with Gasteiger partial charge < -0.3 is 19.5 Å².